The minimum atomic E-state index is 0.559. The summed E-state index contributed by atoms with van der Waals surface area (Å²) in [5, 5.41) is 14.9. The molecule has 3 rings (SSSR count). The van der Waals surface area contributed by atoms with E-state index in [9.17, 15) is 0 Å². The molecule has 14 heavy (non-hydrogen) atoms. The molecule has 0 bridgehead atoms. The van der Waals surface area contributed by atoms with Gasteiger partial charge in [-0.1, -0.05) is 12.1 Å². The highest BCUT2D eigenvalue weighted by Crippen LogP contribution is 2.21. The molecule has 1 saturated heterocycles. The quantitative estimate of drug-likeness (QED) is 0.657. The first-order valence-corrected chi connectivity index (χ1v) is 4.83. The van der Waals surface area contributed by atoms with E-state index in [1.54, 1.807) is 0 Å². The summed E-state index contributed by atoms with van der Waals surface area (Å²) in [4.78, 5) is 0. The number of rotatable bonds is 2. The fraction of sp³-hybridized carbons (Fsp3) is 0.300. The van der Waals surface area contributed by atoms with Crippen LogP contribution in [0, 0.1) is 0 Å². The van der Waals surface area contributed by atoms with Gasteiger partial charge in [-0.15, -0.1) is 0 Å². The molecular formula is C10H12N4. The van der Waals surface area contributed by atoms with Gasteiger partial charge in [-0.2, -0.15) is 5.10 Å². The smallest absolute Gasteiger partial charge is 0.0881 e. The number of anilines is 1. The molecule has 0 atom stereocenters. The van der Waals surface area contributed by atoms with Crippen molar-refractivity contribution >= 4 is 16.6 Å². The maximum atomic E-state index is 4.03. The van der Waals surface area contributed by atoms with Crippen LogP contribution in [0.4, 0.5) is 5.69 Å². The zero-order valence-corrected chi connectivity index (χ0v) is 7.75. The second kappa shape index (κ2) is 2.99. The number of nitrogens with one attached hydrogen (secondary N) is 3. The minimum Gasteiger partial charge on any atom is -0.378 e. The summed E-state index contributed by atoms with van der Waals surface area (Å²) in [6.07, 6.45) is 1.85. The van der Waals surface area contributed by atoms with Crippen LogP contribution in [0.5, 0.6) is 0 Å². The van der Waals surface area contributed by atoms with Crippen molar-refractivity contribution in [1.29, 1.82) is 0 Å². The van der Waals surface area contributed by atoms with E-state index in [0.29, 0.717) is 6.04 Å². The molecule has 3 N–H and O–H groups in total. The van der Waals surface area contributed by atoms with Crippen molar-refractivity contribution in [1.82, 2.24) is 15.5 Å². The summed E-state index contributed by atoms with van der Waals surface area (Å²) in [5.74, 6) is 0. The van der Waals surface area contributed by atoms with Crippen molar-refractivity contribution in [3.05, 3.63) is 24.4 Å². The van der Waals surface area contributed by atoms with Crippen LogP contribution >= 0.6 is 0 Å². The van der Waals surface area contributed by atoms with E-state index in [2.05, 4.69) is 33.0 Å². The maximum absolute atomic E-state index is 4.03. The summed E-state index contributed by atoms with van der Waals surface area (Å²) in [7, 11) is 0. The Morgan fingerprint density at radius 1 is 1.36 bits per heavy atom. The number of nitrogens with zero attached hydrogens (tertiary/aromatic N) is 1. The molecule has 0 radical (unpaired) electrons. The van der Waals surface area contributed by atoms with Gasteiger partial charge < -0.3 is 10.6 Å². The standard InChI is InChI=1S/C10H12N4/c1-2-7-4-12-14-10(7)9(3-1)13-8-5-11-6-8/h1-4,8,11,13H,5-6H2,(H,12,14). The van der Waals surface area contributed by atoms with Gasteiger partial charge in [0.25, 0.3) is 0 Å². The summed E-state index contributed by atoms with van der Waals surface area (Å²) < 4.78 is 0. The number of para-hydroxylation sites is 1. The Morgan fingerprint density at radius 3 is 3.07 bits per heavy atom. The van der Waals surface area contributed by atoms with Gasteiger partial charge in [0.05, 0.1) is 23.4 Å². The van der Waals surface area contributed by atoms with E-state index >= 15 is 0 Å². The van der Waals surface area contributed by atoms with Crippen molar-refractivity contribution in [2.45, 2.75) is 6.04 Å². The lowest BCUT2D eigenvalue weighted by molar-refractivity contribution is 0.472. The zero-order valence-electron chi connectivity index (χ0n) is 7.75. The molecule has 1 aromatic carbocycles. The molecule has 72 valence electrons. The van der Waals surface area contributed by atoms with Gasteiger partial charge in [-0.3, -0.25) is 5.10 Å². The van der Waals surface area contributed by atoms with E-state index in [-0.39, 0.29) is 0 Å². The Bertz CT molecular complexity index is 444. The molecular weight excluding hydrogens is 176 g/mol. The number of H-pyrrole nitrogens is 1. The molecule has 0 amide bonds. The predicted molar refractivity (Wildman–Crippen MR) is 56.4 cm³/mol. The first kappa shape index (κ1) is 7.82. The van der Waals surface area contributed by atoms with Gasteiger partial charge in [0.2, 0.25) is 0 Å². The molecule has 1 fully saturated rings. The summed E-state index contributed by atoms with van der Waals surface area (Å²) in [6.45, 7) is 2.09. The molecule has 0 spiro atoms. The highest BCUT2D eigenvalue weighted by Gasteiger charge is 2.16. The van der Waals surface area contributed by atoms with Crippen LogP contribution in [0.3, 0.4) is 0 Å². The van der Waals surface area contributed by atoms with Gasteiger partial charge in [0.15, 0.2) is 0 Å². The summed E-state index contributed by atoms with van der Waals surface area (Å²) >= 11 is 0. The van der Waals surface area contributed by atoms with E-state index in [1.807, 2.05) is 12.3 Å². The lowest BCUT2D eigenvalue weighted by Crippen LogP contribution is -2.51. The topological polar surface area (TPSA) is 52.7 Å². The third-order valence-corrected chi connectivity index (χ3v) is 2.62. The third-order valence-electron chi connectivity index (χ3n) is 2.62. The number of fused-ring (bicyclic) bond motifs is 1. The van der Waals surface area contributed by atoms with Gasteiger partial charge in [-0.05, 0) is 6.07 Å². The molecule has 0 saturated carbocycles. The Morgan fingerprint density at radius 2 is 2.29 bits per heavy atom. The Balaban J connectivity index is 1.97. The first-order chi connectivity index (χ1) is 6.93. The predicted octanol–water partition coefficient (Wildman–Crippen LogP) is 0.947. The van der Waals surface area contributed by atoms with Crippen LogP contribution in [-0.4, -0.2) is 29.3 Å². The highest BCUT2D eigenvalue weighted by atomic mass is 15.1. The molecule has 2 aromatic rings. The Kier molecular flexibility index (Phi) is 1.67. The van der Waals surface area contributed by atoms with Crippen LogP contribution in [0.25, 0.3) is 10.9 Å². The zero-order chi connectivity index (χ0) is 9.38. The minimum absolute atomic E-state index is 0.559. The third kappa shape index (κ3) is 1.15. The monoisotopic (exact) mass is 188 g/mol. The average molecular weight is 188 g/mol. The molecule has 2 heterocycles. The second-order valence-corrected chi connectivity index (χ2v) is 3.64. The van der Waals surface area contributed by atoms with Crippen LogP contribution < -0.4 is 10.6 Å². The molecule has 4 heteroatoms. The first-order valence-electron chi connectivity index (χ1n) is 4.83. The molecule has 4 nitrogen and oxygen atoms in total. The number of aromatic amines is 1. The van der Waals surface area contributed by atoms with Crippen LogP contribution in [-0.2, 0) is 0 Å². The van der Waals surface area contributed by atoms with E-state index in [1.165, 1.54) is 0 Å². The number of benzene rings is 1. The second-order valence-electron chi connectivity index (χ2n) is 3.64. The average Bonchev–Trinajstić information content (AvgIpc) is 2.59. The van der Waals surface area contributed by atoms with Crippen molar-refractivity contribution in [3.63, 3.8) is 0 Å². The van der Waals surface area contributed by atoms with Crippen LogP contribution in [0.1, 0.15) is 0 Å². The fourth-order valence-electron chi connectivity index (χ4n) is 1.70. The lowest BCUT2D eigenvalue weighted by Gasteiger charge is -2.29. The number of hydrogen-bond acceptors (Lipinski definition) is 3. The van der Waals surface area contributed by atoms with Gasteiger partial charge in [0.1, 0.15) is 0 Å². The molecule has 1 aromatic heterocycles. The van der Waals surface area contributed by atoms with Crippen LogP contribution in [0.2, 0.25) is 0 Å². The largest absolute Gasteiger partial charge is 0.378 e. The van der Waals surface area contributed by atoms with Crippen molar-refractivity contribution < 1.29 is 0 Å². The van der Waals surface area contributed by atoms with E-state index in [0.717, 1.165) is 29.7 Å². The van der Waals surface area contributed by atoms with Crippen molar-refractivity contribution in [3.8, 4) is 0 Å². The van der Waals surface area contributed by atoms with Gasteiger partial charge >= 0.3 is 0 Å². The SMILES string of the molecule is c1cc(NC2CNC2)c2[nH]ncc2c1. The maximum Gasteiger partial charge on any atom is 0.0881 e. The van der Waals surface area contributed by atoms with E-state index < -0.39 is 0 Å². The summed E-state index contributed by atoms with van der Waals surface area (Å²) in [6, 6.07) is 6.75. The molecule has 1 aliphatic rings. The summed E-state index contributed by atoms with van der Waals surface area (Å²) in [5.41, 5.74) is 2.24. The van der Waals surface area contributed by atoms with E-state index in [4.69, 9.17) is 0 Å². The highest BCUT2D eigenvalue weighted by molar-refractivity contribution is 5.90. The Labute approximate surface area is 81.7 Å². The molecule has 1 aliphatic heterocycles. The van der Waals surface area contributed by atoms with Gasteiger partial charge in [0, 0.05) is 18.5 Å². The van der Waals surface area contributed by atoms with Crippen LogP contribution in [0.15, 0.2) is 24.4 Å². The van der Waals surface area contributed by atoms with Crippen molar-refractivity contribution in [2.75, 3.05) is 18.4 Å². The molecule has 0 aliphatic carbocycles. The van der Waals surface area contributed by atoms with Gasteiger partial charge in [-0.25, -0.2) is 0 Å². The fourth-order valence-corrected chi connectivity index (χ4v) is 1.70. The van der Waals surface area contributed by atoms with Crippen molar-refractivity contribution in [2.24, 2.45) is 0 Å². The molecule has 0 unspecified atom stereocenters. The normalized spacial score (nSPS) is 16.9. The Hall–Kier alpha value is -1.55. The lowest BCUT2D eigenvalue weighted by atomic mass is 10.1. The number of aromatic nitrogens is 2. The number of hydrogen-bond donors (Lipinski definition) is 3.